The molecule has 1 aromatic carbocycles. The van der Waals surface area contributed by atoms with E-state index < -0.39 is 172 Å². The molecule has 7 rings (SSSR count). The van der Waals surface area contributed by atoms with Gasteiger partial charge in [0.1, 0.15) is 59.9 Å². The van der Waals surface area contributed by atoms with Crippen LogP contribution in [0.4, 0.5) is 13.2 Å². The number of carbonyl (C=O) groups excluding carboxylic acids is 12. The van der Waals surface area contributed by atoms with Gasteiger partial charge in [-0.2, -0.15) is 13.2 Å². The summed E-state index contributed by atoms with van der Waals surface area (Å²) in [6, 6.07) is -7.84. The van der Waals surface area contributed by atoms with Gasteiger partial charge in [-0.3, -0.25) is 57.5 Å². The van der Waals surface area contributed by atoms with E-state index in [0.717, 1.165) is 62.0 Å². The van der Waals surface area contributed by atoms with Gasteiger partial charge in [0.05, 0.1) is 23.6 Å². The molecule has 28 heteroatoms. The number of hydrogen-bond acceptors (Lipinski definition) is 12. The summed E-state index contributed by atoms with van der Waals surface area (Å²) in [4.78, 5) is 188. The standard InChI is InChI=1S/C70H106ClF3N12O12/c1-13-42(4)57-67(97)81(9)43(5)62(92)86-35-31-52(86)66(96)83(11)54(38-44-22-15-14-16-23-44)65(95)80(8)40-55(87)75-49(30-28-45-27-29-47(48(71)37-45)70(72,73)74)64(94)85-34-21-26-51(85)60(90)78-69(32-19-20-33-69)68(98)84(12)58(46-24-17-18-25-46)61(91)76-50(63(93)79(6)7)39-56(88)82(10)53(36-41(2)3)59(89)77-57/h27,29,37,41-44,46,49-54,57-58H,13-26,28,30-36,38-40H2,1-12H3,(H,75,87)(H,76,91)(H,77,89)(H,78,90)/t42-,43-,49-,50-,51-,52-,53-,54-,57-,58-/m0/s1. The van der Waals surface area contributed by atoms with Crippen LogP contribution < -0.4 is 21.3 Å². The van der Waals surface area contributed by atoms with E-state index in [1.807, 2.05) is 20.8 Å². The third kappa shape index (κ3) is 18.5. The summed E-state index contributed by atoms with van der Waals surface area (Å²) >= 11 is 6.15. The number of likely N-dealkylation sites (N-methyl/N-ethyl adjacent to an activating group) is 6. The highest BCUT2D eigenvalue weighted by Crippen LogP contribution is 2.39. The molecule has 3 aliphatic carbocycles. The fourth-order valence-corrected chi connectivity index (χ4v) is 15.6. The Hall–Kier alpha value is -7.06. The average Bonchev–Trinajstić information content (AvgIpc) is 1.31. The molecule has 0 radical (unpaired) electrons. The lowest BCUT2D eigenvalue weighted by molar-refractivity contribution is -0.160. The van der Waals surface area contributed by atoms with Gasteiger partial charge in [0.2, 0.25) is 70.9 Å². The highest BCUT2D eigenvalue weighted by atomic mass is 35.5. The molecule has 0 bridgehead atoms. The number of halogens is 4. The normalized spacial score (nSPS) is 28.0. The molecule has 10 atom stereocenters. The molecule has 0 aromatic heterocycles. The molecule has 4 N–H and O–H groups in total. The van der Waals surface area contributed by atoms with Gasteiger partial charge >= 0.3 is 6.18 Å². The molecule has 3 saturated carbocycles. The number of fused-ring (bicyclic) bond motifs is 2. The van der Waals surface area contributed by atoms with Crippen molar-refractivity contribution in [2.45, 2.75) is 242 Å². The highest BCUT2D eigenvalue weighted by Gasteiger charge is 2.52. The van der Waals surface area contributed by atoms with Crippen molar-refractivity contribution in [3.63, 3.8) is 0 Å². The summed E-state index contributed by atoms with van der Waals surface area (Å²) in [6.45, 7) is 8.39. The topological polar surface area (TPSA) is 279 Å². The molecule has 546 valence electrons. The Kier molecular flexibility index (Phi) is 27.1. The zero-order chi connectivity index (χ0) is 72.4. The van der Waals surface area contributed by atoms with Crippen LogP contribution in [0.3, 0.4) is 0 Å². The number of nitrogens with zero attached hydrogens (tertiary/aromatic N) is 8. The maximum Gasteiger partial charge on any atom is 0.417 e. The number of amides is 12. The van der Waals surface area contributed by atoms with E-state index in [-0.39, 0.29) is 76.3 Å². The molecule has 3 aliphatic heterocycles. The number of benzene rings is 1. The molecule has 98 heavy (non-hydrogen) atoms. The highest BCUT2D eigenvalue weighted by molar-refractivity contribution is 6.31. The summed E-state index contributed by atoms with van der Waals surface area (Å²) in [5, 5.41) is 11.0. The molecule has 24 nitrogen and oxygen atoms in total. The van der Waals surface area contributed by atoms with E-state index in [0.29, 0.717) is 44.1 Å². The van der Waals surface area contributed by atoms with Crippen molar-refractivity contribution in [2.75, 3.05) is 69.0 Å². The minimum Gasteiger partial charge on any atom is -0.347 e. The number of hydrogen-bond donors (Lipinski definition) is 4. The van der Waals surface area contributed by atoms with Crippen molar-refractivity contribution in [3.8, 4) is 0 Å². The number of alkyl halides is 3. The van der Waals surface area contributed by atoms with E-state index in [1.54, 1.807) is 6.92 Å². The van der Waals surface area contributed by atoms with Gasteiger partial charge in [-0.05, 0) is 119 Å². The van der Waals surface area contributed by atoms with Gasteiger partial charge in [0, 0.05) is 62.4 Å². The summed E-state index contributed by atoms with van der Waals surface area (Å²) < 4.78 is 41.6. The smallest absolute Gasteiger partial charge is 0.347 e. The Bertz CT molecular complexity index is 3100. The third-order valence-electron chi connectivity index (χ3n) is 21.7. The van der Waals surface area contributed by atoms with Crippen LogP contribution in [-0.2, 0) is 70.1 Å². The van der Waals surface area contributed by atoms with E-state index in [1.165, 1.54) is 96.6 Å². The lowest BCUT2D eigenvalue weighted by atomic mass is 9.84. The number of aryl methyl sites for hydroxylation is 1. The summed E-state index contributed by atoms with van der Waals surface area (Å²) in [5.41, 5.74) is -2.34. The van der Waals surface area contributed by atoms with Gasteiger partial charge < -0.3 is 60.5 Å². The fraction of sp³-hybridized carbons (Fsp3) is 0.743. The summed E-state index contributed by atoms with van der Waals surface area (Å²) in [7, 11) is 10.1. The fourth-order valence-electron chi connectivity index (χ4n) is 15.3. The second kappa shape index (κ2) is 33.9. The lowest BCUT2D eigenvalue weighted by Crippen LogP contribution is -2.65. The maximum absolute atomic E-state index is 15.4. The van der Waals surface area contributed by atoms with Crippen molar-refractivity contribution in [1.29, 1.82) is 0 Å². The molecule has 3 saturated heterocycles. The SMILES string of the molecule is CC[C@H](C)[C@@H]1NC(=O)[C@H](CC(C)C)N(C)C(=O)C[C@@H](C(=O)N(C)C)NC(=O)[C@H](C2CCCC2)N(C)C(=O)C2(CCCC2)NC(=O)[C@@H]2CCCN2C(=O)[C@H](CCc2ccc(C(F)(F)F)c(Cl)c2)NC(=O)CN(C)C(=O)[C@H](CC2CCCCC2)N(C)C(=O)[C@@H]2CCN2C(=O)[C@H](C)N(C)C1=O. The van der Waals surface area contributed by atoms with Crippen LogP contribution in [0.25, 0.3) is 0 Å². The molecule has 1 spiro atoms. The Morgan fingerprint density at radius 2 is 1.31 bits per heavy atom. The number of carbonyl (C=O) groups is 12. The van der Waals surface area contributed by atoms with Crippen LogP contribution in [0.15, 0.2) is 18.2 Å². The van der Waals surface area contributed by atoms with E-state index >= 15 is 19.2 Å². The predicted octanol–water partition coefficient (Wildman–Crippen LogP) is 5.30. The van der Waals surface area contributed by atoms with E-state index in [4.69, 9.17) is 11.6 Å². The Morgan fingerprint density at radius 1 is 0.673 bits per heavy atom. The molecule has 0 unspecified atom stereocenters. The molecule has 6 aliphatic rings. The van der Waals surface area contributed by atoms with Crippen molar-refractivity contribution < 1.29 is 70.7 Å². The van der Waals surface area contributed by atoms with Crippen LogP contribution >= 0.6 is 11.6 Å². The summed E-state index contributed by atoms with van der Waals surface area (Å²) in [6.07, 6.45) is 4.07. The predicted molar refractivity (Wildman–Crippen MR) is 360 cm³/mol. The van der Waals surface area contributed by atoms with Gasteiger partial charge in [-0.1, -0.05) is 110 Å². The zero-order valence-electron chi connectivity index (χ0n) is 59.4. The Labute approximate surface area is 580 Å². The summed E-state index contributed by atoms with van der Waals surface area (Å²) in [5.74, 6) is -8.91. The van der Waals surface area contributed by atoms with Gasteiger partial charge in [-0.25, -0.2) is 0 Å². The zero-order valence-corrected chi connectivity index (χ0v) is 60.2. The van der Waals surface area contributed by atoms with Crippen molar-refractivity contribution in [2.24, 2.45) is 23.7 Å². The van der Waals surface area contributed by atoms with Crippen LogP contribution in [0, 0.1) is 23.7 Å². The second-order valence-corrected chi connectivity index (χ2v) is 29.6. The monoisotopic (exact) mass is 1400 g/mol. The van der Waals surface area contributed by atoms with Gasteiger partial charge in [0.25, 0.3) is 0 Å². The molecule has 12 amide bonds. The van der Waals surface area contributed by atoms with Crippen molar-refractivity contribution in [1.82, 2.24) is 60.5 Å². The number of nitrogens with one attached hydrogen (secondary N) is 4. The molecule has 1 aromatic rings. The molecular formula is C70H106ClF3N12O12. The average molecular weight is 1400 g/mol. The molecular weight excluding hydrogens is 1290 g/mol. The van der Waals surface area contributed by atoms with E-state index in [9.17, 15) is 51.5 Å². The van der Waals surface area contributed by atoms with Crippen LogP contribution in [-0.4, -0.2) is 239 Å². The largest absolute Gasteiger partial charge is 0.417 e. The maximum atomic E-state index is 15.4. The molecule has 3 heterocycles. The Morgan fingerprint density at radius 3 is 1.89 bits per heavy atom. The second-order valence-electron chi connectivity index (χ2n) is 29.2. The first kappa shape index (κ1) is 78.3. The van der Waals surface area contributed by atoms with Crippen LogP contribution in [0.5, 0.6) is 0 Å². The quantitative estimate of drug-likeness (QED) is 0.220. The lowest BCUT2D eigenvalue weighted by Gasteiger charge is -2.45. The van der Waals surface area contributed by atoms with Crippen molar-refractivity contribution >= 4 is 82.5 Å². The van der Waals surface area contributed by atoms with Crippen LogP contribution in [0.2, 0.25) is 5.02 Å². The van der Waals surface area contributed by atoms with Gasteiger partial charge in [-0.15, -0.1) is 0 Å². The first-order valence-electron chi connectivity index (χ1n) is 35.3. The van der Waals surface area contributed by atoms with Crippen molar-refractivity contribution in [3.05, 3.63) is 34.3 Å². The third-order valence-corrected chi connectivity index (χ3v) is 22.0. The van der Waals surface area contributed by atoms with E-state index in [2.05, 4.69) is 21.3 Å². The van der Waals surface area contributed by atoms with Crippen LogP contribution in [0.1, 0.15) is 181 Å². The Balaban J connectivity index is 1.28. The minimum atomic E-state index is -4.76. The number of rotatable bonds is 11. The minimum absolute atomic E-state index is 0.0237. The van der Waals surface area contributed by atoms with Gasteiger partial charge in [0.15, 0.2) is 0 Å². The first-order chi connectivity index (χ1) is 46.1. The molecule has 6 fully saturated rings. The first-order valence-corrected chi connectivity index (χ1v) is 35.7.